The van der Waals surface area contributed by atoms with Crippen molar-refractivity contribution in [2.24, 2.45) is 0 Å². The zero-order valence-corrected chi connectivity index (χ0v) is 16.5. The molecule has 2 rings (SSSR count). The van der Waals surface area contributed by atoms with E-state index in [4.69, 9.17) is 14.2 Å². The van der Waals surface area contributed by atoms with E-state index in [0.29, 0.717) is 29.4 Å². The lowest BCUT2D eigenvalue weighted by Gasteiger charge is -2.15. The van der Waals surface area contributed by atoms with Crippen LogP contribution in [0.5, 0.6) is 17.2 Å². The molecule has 2 aromatic rings. The van der Waals surface area contributed by atoms with E-state index in [2.05, 4.69) is 10.1 Å². The summed E-state index contributed by atoms with van der Waals surface area (Å²) in [6.07, 6.45) is 0.882. The quantitative estimate of drug-likeness (QED) is 0.666. The maximum absolute atomic E-state index is 12.4. The second-order valence-corrected chi connectivity index (χ2v) is 5.99. The van der Waals surface area contributed by atoms with E-state index in [9.17, 15) is 9.59 Å². The maximum atomic E-state index is 12.4. The normalized spacial score (nSPS) is 10.1. The van der Waals surface area contributed by atoms with Gasteiger partial charge in [0.15, 0.2) is 11.5 Å². The van der Waals surface area contributed by atoms with Gasteiger partial charge in [-0.3, -0.25) is 9.59 Å². The Balaban J connectivity index is 2.03. The second kappa shape index (κ2) is 10.2. The molecule has 150 valence electrons. The Bertz CT molecular complexity index is 834. The molecule has 0 aliphatic rings. The van der Waals surface area contributed by atoms with Crippen molar-refractivity contribution in [1.29, 1.82) is 0 Å². The average Bonchev–Trinajstić information content (AvgIpc) is 2.71. The first-order valence-corrected chi connectivity index (χ1v) is 8.75. The van der Waals surface area contributed by atoms with Crippen molar-refractivity contribution in [3.05, 3.63) is 47.5 Å². The monoisotopic (exact) mass is 387 g/mol. The van der Waals surface area contributed by atoms with Crippen LogP contribution in [0.25, 0.3) is 0 Å². The highest BCUT2D eigenvalue weighted by Gasteiger charge is 2.16. The molecule has 0 saturated carbocycles. The first-order valence-electron chi connectivity index (χ1n) is 8.75. The van der Waals surface area contributed by atoms with Crippen molar-refractivity contribution >= 4 is 17.6 Å². The summed E-state index contributed by atoms with van der Waals surface area (Å²) in [5, 5.41) is 2.84. The standard InChI is InChI=1S/C21H25NO6/c1-25-17-10-8-15(20(27-3)21(17)28-4)9-11-18(23)22-16-7-5-6-14(12-16)13-19(24)26-2/h5-8,10,12H,9,11,13H2,1-4H3,(H,22,23). The third kappa shape index (κ3) is 5.39. The van der Waals surface area contributed by atoms with Gasteiger partial charge < -0.3 is 24.3 Å². The van der Waals surface area contributed by atoms with Crippen LogP contribution < -0.4 is 19.5 Å². The van der Waals surface area contributed by atoms with Crippen molar-refractivity contribution in [3.63, 3.8) is 0 Å². The van der Waals surface area contributed by atoms with Gasteiger partial charge in [0.1, 0.15) is 0 Å². The number of hydrogen-bond acceptors (Lipinski definition) is 6. The molecule has 0 fully saturated rings. The number of aryl methyl sites for hydroxylation is 1. The average molecular weight is 387 g/mol. The number of amides is 1. The lowest BCUT2D eigenvalue weighted by molar-refractivity contribution is -0.139. The summed E-state index contributed by atoms with van der Waals surface area (Å²) in [7, 11) is 5.99. The van der Waals surface area contributed by atoms with E-state index < -0.39 is 0 Å². The molecule has 0 aliphatic heterocycles. The van der Waals surface area contributed by atoms with Crippen LogP contribution >= 0.6 is 0 Å². The van der Waals surface area contributed by atoms with Crippen molar-refractivity contribution in [1.82, 2.24) is 0 Å². The van der Waals surface area contributed by atoms with Gasteiger partial charge in [0.25, 0.3) is 0 Å². The van der Waals surface area contributed by atoms with E-state index in [1.807, 2.05) is 6.07 Å². The molecule has 2 aromatic carbocycles. The Morgan fingerprint density at radius 1 is 0.929 bits per heavy atom. The molecule has 7 heteroatoms. The van der Waals surface area contributed by atoms with Crippen LogP contribution in [0.2, 0.25) is 0 Å². The minimum atomic E-state index is -0.330. The summed E-state index contributed by atoms with van der Waals surface area (Å²) in [5.41, 5.74) is 2.24. The first-order chi connectivity index (χ1) is 13.5. The molecule has 1 N–H and O–H groups in total. The highest BCUT2D eigenvalue weighted by atomic mass is 16.5. The van der Waals surface area contributed by atoms with Crippen LogP contribution in [0, 0.1) is 0 Å². The van der Waals surface area contributed by atoms with Crippen LogP contribution in [0.15, 0.2) is 36.4 Å². The minimum Gasteiger partial charge on any atom is -0.493 e. The zero-order chi connectivity index (χ0) is 20.5. The van der Waals surface area contributed by atoms with E-state index >= 15 is 0 Å². The molecule has 0 atom stereocenters. The van der Waals surface area contributed by atoms with Gasteiger partial charge in [-0.1, -0.05) is 18.2 Å². The minimum absolute atomic E-state index is 0.146. The Kier molecular flexibility index (Phi) is 7.68. The Hall–Kier alpha value is -3.22. The van der Waals surface area contributed by atoms with Gasteiger partial charge >= 0.3 is 5.97 Å². The summed E-state index contributed by atoms with van der Waals surface area (Å²) < 4.78 is 20.7. The Labute approximate surface area is 164 Å². The number of carbonyl (C=O) groups is 2. The highest BCUT2D eigenvalue weighted by molar-refractivity contribution is 5.91. The maximum Gasteiger partial charge on any atom is 0.309 e. The number of benzene rings is 2. The van der Waals surface area contributed by atoms with Crippen molar-refractivity contribution in [2.75, 3.05) is 33.8 Å². The van der Waals surface area contributed by atoms with Crippen molar-refractivity contribution < 1.29 is 28.5 Å². The van der Waals surface area contributed by atoms with Crippen molar-refractivity contribution in [2.45, 2.75) is 19.3 Å². The molecule has 0 radical (unpaired) electrons. The topological polar surface area (TPSA) is 83.1 Å². The molecule has 0 heterocycles. The molecule has 0 unspecified atom stereocenters. The van der Waals surface area contributed by atoms with Gasteiger partial charge in [0.2, 0.25) is 11.7 Å². The molecule has 0 aromatic heterocycles. The van der Waals surface area contributed by atoms with E-state index in [-0.39, 0.29) is 24.7 Å². The molecular weight excluding hydrogens is 362 g/mol. The lowest BCUT2D eigenvalue weighted by Crippen LogP contribution is -2.13. The Morgan fingerprint density at radius 2 is 1.68 bits per heavy atom. The SMILES string of the molecule is COC(=O)Cc1cccc(NC(=O)CCc2ccc(OC)c(OC)c2OC)c1. The smallest absolute Gasteiger partial charge is 0.309 e. The zero-order valence-electron chi connectivity index (χ0n) is 16.5. The Morgan fingerprint density at radius 3 is 2.32 bits per heavy atom. The van der Waals surface area contributed by atoms with Crippen LogP contribution in [-0.2, 0) is 27.2 Å². The van der Waals surface area contributed by atoms with Crippen molar-refractivity contribution in [3.8, 4) is 17.2 Å². The fraction of sp³-hybridized carbons (Fsp3) is 0.333. The van der Waals surface area contributed by atoms with Crippen LogP contribution in [0.4, 0.5) is 5.69 Å². The molecule has 0 bridgehead atoms. The summed E-state index contributed by atoms with van der Waals surface area (Å²) in [6, 6.07) is 10.8. The number of nitrogens with one attached hydrogen (secondary N) is 1. The second-order valence-electron chi connectivity index (χ2n) is 5.99. The summed E-state index contributed by atoms with van der Waals surface area (Å²) >= 11 is 0. The van der Waals surface area contributed by atoms with E-state index in [0.717, 1.165) is 11.1 Å². The van der Waals surface area contributed by atoms with E-state index in [1.165, 1.54) is 14.2 Å². The first kappa shape index (κ1) is 21.1. The predicted molar refractivity (Wildman–Crippen MR) is 105 cm³/mol. The largest absolute Gasteiger partial charge is 0.493 e. The third-order valence-electron chi connectivity index (χ3n) is 4.19. The van der Waals surface area contributed by atoms with Crippen LogP contribution in [-0.4, -0.2) is 40.3 Å². The molecule has 7 nitrogen and oxygen atoms in total. The summed E-state index contributed by atoms with van der Waals surface area (Å²) in [6.45, 7) is 0. The molecule has 28 heavy (non-hydrogen) atoms. The molecule has 0 saturated heterocycles. The van der Waals surface area contributed by atoms with E-state index in [1.54, 1.807) is 44.6 Å². The van der Waals surface area contributed by atoms with Gasteiger partial charge in [0, 0.05) is 12.1 Å². The number of esters is 1. The molecule has 0 spiro atoms. The number of anilines is 1. The highest BCUT2D eigenvalue weighted by Crippen LogP contribution is 2.40. The molecular formula is C21H25NO6. The van der Waals surface area contributed by atoms with Gasteiger partial charge in [-0.15, -0.1) is 0 Å². The summed E-state index contributed by atoms with van der Waals surface area (Å²) in [4.78, 5) is 23.7. The van der Waals surface area contributed by atoms with Crippen LogP contribution in [0.1, 0.15) is 17.5 Å². The number of ether oxygens (including phenoxy) is 4. The van der Waals surface area contributed by atoms with Gasteiger partial charge in [-0.05, 0) is 35.7 Å². The number of carbonyl (C=O) groups excluding carboxylic acids is 2. The number of rotatable bonds is 9. The lowest BCUT2D eigenvalue weighted by atomic mass is 10.1. The van der Waals surface area contributed by atoms with Gasteiger partial charge in [-0.25, -0.2) is 0 Å². The summed E-state index contributed by atoms with van der Waals surface area (Å²) in [5.74, 6) is 1.14. The number of hydrogen-bond donors (Lipinski definition) is 1. The van der Waals surface area contributed by atoms with Crippen LogP contribution in [0.3, 0.4) is 0 Å². The third-order valence-corrected chi connectivity index (χ3v) is 4.19. The fourth-order valence-electron chi connectivity index (χ4n) is 2.83. The number of methoxy groups -OCH3 is 4. The fourth-order valence-corrected chi connectivity index (χ4v) is 2.83. The van der Waals surface area contributed by atoms with Gasteiger partial charge in [0.05, 0.1) is 34.9 Å². The van der Waals surface area contributed by atoms with Gasteiger partial charge in [-0.2, -0.15) is 0 Å². The molecule has 1 amide bonds. The predicted octanol–water partition coefficient (Wildman–Crippen LogP) is 3.00. The molecule has 0 aliphatic carbocycles.